The van der Waals surface area contributed by atoms with E-state index in [0.717, 1.165) is 22.5 Å². The molecule has 8 heteroatoms. The molecule has 1 aliphatic heterocycles. The monoisotopic (exact) mass is 602 g/mol. The summed E-state index contributed by atoms with van der Waals surface area (Å²) in [6, 6.07) is 26.8. The van der Waals surface area contributed by atoms with Gasteiger partial charge in [-0.05, 0) is 78.1 Å². The Kier molecular flexibility index (Phi) is 7.52. The molecular formula is C33H25Cl3N2O3. The van der Waals surface area contributed by atoms with Crippen LogP contribution in [-0.4, -0.2) is 18.8 Å². The molecule has 206 valence electrons. The highest BCUT2D eigenvalue weighted by atomic mass is 35.5. The molecule has 0 fully saturated rings. The van der Waals surface area contributed by atoms with E-state index in [0.29, 0.717) is 45.5 Å². The zero-order valence-electron chi connectivity index (χ0n) is 22.0. The number of amides is 1. The Morgan fingerprint density at radius 3 is 2.27 bits per heavy atom. The van der Waals surface area contributed by atoms with E-state index in [4.69, 9.17) is 39.5 Å². The number of ketones is 1. The van der Waals surface area contributed by atoms with E-state index < -0.39 is 6.04 Å². The van der Waals surface area contributed by atoms with Crippen molar-refractivity contribution in [2.75, 3.05) is 17.3 Å². The molecular weight excluding hydrogens is 579 g/mol. The first-order valence-corrected chi connectivity index (χ1v) is 14.3. The summed E-state index contributed by atoms with van der Waals surface area (Å²) in [7, 11) is 1.60. The third-order valence-electron chi connectivity index (χ3n) is 7.65. The van der Waals surface area contributed by atoms with E-state index in [1.807, 2.05) is 72.8 Å². The van der Waals surface area contributed by atoms with E-state index in [-0.39, 0.29) is 22.6 Å². The average molecular weight is 604 g/mol. The van der Waals surface area contributed by atoms with Gasteiger partial charge in [0.15, 0.2) is 5.78 Å². The van der Waals surface area contributed by atoms with E-state index in [9.17, 15) is 9.59 Å². The van der Waals surface area contributed by atoms with E-state index in [2.05, 4.69) is 5.32 Å². The number of fused-ring (bicyclic) bond motifs is 1. The van der Waals surface area contributed by atoms with Crippen LogP contribution in [0.2, 0.25) is 15.1 Å². The molecule has 0 aromatic heterocycles. The van der Waals surface area contributed by atoms with Crippen LogP contribution >= 0.6 is 34.8 Å². The summed E-state index contributed by atoms with van der Waals surface area (Å²) in [5, 5.41) is 4.83. The number of anilines is 2. The molecule has 5 nitrogen and oxygen atoms in total. The van der Waals surface area contributed by atoms with Crippen LogP contribution in [0, 0.1) is 0 Å². The molecule has 4 aromatic rings. The van der Waals surface area contributed by atoms with Crippen molar-refractivity contribution in [3.63, 3.8) is 0 Å². The summed E-state index contributed by atoms with van der Waals surface area (Å²) in [6.45, 7) is 0. The average Bonchev–Trinajstić information content (AvgIpc) is 3.13. The number of para-hydroxylation sites is 2. The van der Waals surface area contributed by atoms with Gasteiger partial charge in [-0.25, -0.2) is 0 Å². The molecule has 1 heterocycles. The molecule has 2 atom stereocenters. The maximum atomic E-state index is 14.4. The molecule has 0 unspecified atom stereocenters. The van der Waals surface area contributed by atoms with Crippen molar-refractivity contribution in [1.29, 1.82) is 0 Å². The predicted molar refractivity (Wildman–Crippen MR) is 165 cm³/mol. The molecule has 0 saturated carbocycles. The van der Waals surface area contributed by atoms with Crippen LogP contribution in [0.4, 0.5) is 11.4 Å². The van der Waals surface area contributed by atoms with Gasteiger partial charge in [0.1, 0.15) is 5.75 Å². The molecule has 6 rings (SSSR count). The summed E-state index contributed by atoms with van der Waals surface area (Å²) in [5.74, 6) is 0.307. The standard InChI is InChI=1S/C33H25Cl3N2O3/c1-41-24-13-8-20(9-14-24)32-31-28(17-22(18-30(31)39)19-6-11-23(34)12-7-19)37-27-4-2-3-5-29(27)38(32)33(40)21-10-15-25(35)26(36)16-21/h2-16,22,32,37H,17-18H2,1H3/t22-,32+/m0/s1. The number of ether oxygens (including phenoxy) is 1. The number of rotatable bonds is 4. The second-order valence-electron chi connectivity index (χ2n) is 10.1. The number of nitrogens with one attached hydrogen (secondary N) is 1. The Hall–Kier alpha value is -3.77. The normalized spacial score (nSPS) is 18.2. The minimum Gasteiger partial charge on any atom is -0.497 e. The largest absolute Gasteiger partial charge is 0.497 e. The topological polar surface area (TPSA) is 58.6 Å². The van der Waals surface area contributed by atoms with E-state index >= 15 is 0 Å². The SMILES string of the molecule is COc1ccc([C@@H]2C3=C(C[C@H](c4ccc(Cl)cc4)CC3=O)Nc3ccccc3N2C(=O)c2ccc(Cl)c(Cl)c2)cc1. The Labute approximate surface area is 253 Å². The van der Waals surface area contributed by atoms with Gasteiger partial charge in [0.05, 0.1) is 34.6 Å². The number of halogens is 3. The molecule has 0 saturated heterocycles. The van der Waals surface area contributed by atoms with Gasteiger partial charge in [-0.2, -0.15) is 0 Å². The number of Topliss-reactive ketones (excluding diaryl/α,β-unsaturated/α-hetero) is 1. The number of hydrogen-bond acceptors (Lipinski definition) is 4. The van der Waals surface area contributed by atoms with Crippen LogP contribution in [-0.2, 0) is 4.79 Å². The lowest BCUT2D eigenvalue weighted by molar-refractivity contribution is -0.116. The molecule has 2 aliphatic rings. The fourth-order valence-electron chi connectivity index (χ4n) is 5.65. The smallest absolute Gasteiger partial charge is 0.259 e. The quantitative estimate of drug-likeness (QED) is 0.253. The van der Waals surface area contributed by atoms with Crippen LogP contribution in [0.5, 0.6) is 5.75 Å². The van der Waals surface area contributed by atoms with Gasteiger partial charge in [0.2, 0.25) is 0 Å². The molecule has 1 N–H and O–H groups in total. The maximum Gasteiger partial charge on any atom is 0.259 e. The van der Waals surface area contributed by atoms with Gasteiger partial charge in [-0.1, -0.05) is 71.2 Å². The molecule has 4 aromatic carbocycles. The van der Waals surface area contributed by atoms with Gasteiger partial charge in [-0.3, -0.25) is 14.5 Å². The Bertz CT molecular complexity index is 1680. The van der Waals surface area contributed by atoms with E-state index in [1.54, 1.807) is 30.2 Å². The summed E-state index contributed by atoms with van der Waals surface area (Å²) in [6.07, 6.45) is 0.901. The van der Waals surface area contributed by atoms with E-state index in [1.165, 1.54) is 0 Å². The Morgan fingerprint density at radius 1 is 0.854 bits per heavy atom. The highest BCUT2D eigenvalue weighted by molar-refractivity contribution is 6.42. The van der Waals surface area contributed by atoms with Crippen molar-refractivity contribution >= 4 is 57.9 Å². The summed E-state index contributed by atoms with van der Waals surface area (Å²) in [5.41, 5.74) is 4.91. The van der Waals surface area contributed by atoms with Crippen LogP contribution in [0.25, 0.3) is 0 Å². The highest BCUT2D eigenvalue weighted by Gasteiger charge is 2.42. The molecule has 0 radical (unpaired) electrons. The van der Waals surface area contributed by atoms with Crippen molar-refractivity contribution in [2.45, 2.75) is 24.8 Å². The predicted octanol–water partition coefficient (Wildman–Crippen LogP) is 8.87. The third kappa shape index (κ3) is 5.21. The van der Waals surface area contributed by atoms with Crippen molar-refractivity contribution in [3.05, 3.63) is 134 Å². The van der Waals surface area contributed by atoms with Crippen LogP contribution in [0.15, 0.2) is 102 Å². The lowest BCUT2D eigenvalue weighted by Gasteiger charge is -2.35. The summed E-state index contributed by atoms with van der Waals surface area (Å²) >= 11 is 18.6. The summed E-state index contributed by atoms with van der Waals surface area (Å²) < 4.78 is 5.40. The summed E-state index contributed by atoms with van der Waals surface area (Å²) in [4.78, 5) is 30.3. The number of hydrogen-bond donors (Lipinski definition) is 1. The van der Waals surface area contributed by atoms with Crippen molar-refractivity contribution < 1.29 is 14.3 Å². The zero-order chi connectivity index (χ0) is 28.7. The zero-order valence-corrected chi connectivity index (χ0v) is 24.3. The number of methoxy groups -OCH3 is 1. The number of carbonyl (C=O) groups is 2. The molecule has 1 aliphatic carbocycles. The maximum absolute atomic E-state index is 14.4. The van der Waals surface area contributed by atoms with Crippen LogP contribution in [0.3, 0.4) is 0 Å². The number of allylic oxidation sites excluding steroid dienone is 1. The Morgan fingerprint density at radius 2 is 1.56 bits per heavy atom. The molecule has 41 heavy (non-hydrogen) atoms. The fraction of sp³-hybridized carbons (Fsp3) is 0.152. The molecule has 0 spiro atoms. The van der Waals surface area contributed by atoms with Gasteiger partial charge >= 0.3 is 0 Å². The number of benzene rings is 4. The first kappa shape index (κ1) is 27.4. The lowest BCUT2D eigenvalue weighted by Crippen LogP contribution is -2.38. The third-order valence-corrected chi connectivity index (χ3v) is 8.64. The number of carbonyl (C=O) groups excluding carboxylic acids is 2. The van der Waals surface area contributed by atoms with Crippen molar-refractivity contribution in [2.24, 2.45) is 0 Å². The lowest BCUT2D eigenvalue weighted by atomic mass is 9.78. The minimum atomic E-state index is -0.701. The second-order valence-corrected chi connectivity index (χ2v) is 11.3. The van der Waals surface area contributed by atoms with Crippen LogP contribution < -0.4 is 15.0 Å². The molecule has 0 bridgehead atoms. The van der Waals surface area contributed by atoms with Gasteiger partial charge < -0.3 is 10.1 Å². The highest BCUT2D eigenvalue weighted by Crippen LogP contribution is 2.48. The second kappa shape index (κ2) is 11.2. The van der Waals surface area contributed by atoms with Crippen molar-refractivity contribution in [1.82, 2.24) is 0 Å². The minimum absolute atomic E-state index is 0.0285. The van der Waals surface area contributed by atoms with Gasteiger partial charge in [-0.15, -0.1) is 0 Å². The van der Waals surface area contributed by atoms with Crippen molar-refractivity contribution in [3.8, 4) is 5.75 Å². The Balaban J connectivity index is 1.55. The first-order chi connectivity index (χ1) is 19.8. The van der Waals surface area contributed by atoms with Gasteiger partial charge in [0.25, 0.3) is 5.91 Å². The number of nitrogens with zero attached hydrogens (tertiary/aromatic N) is 1. The van der Waals surface area contributed by atoms with Crippen LogP contribution in [0.1, 0.15) is 46.3 Å². The first-order valence-electron chi connectivity index (χ1n) is 13.1. The molecule has 1 amide bonds. The fourth-order valence-corrected chi connectivity index (χ4v) is 6.08. The van der Waals surface area contributed by atoms with Gasteiger partial charge in [0, 0.05) is 28.3 Å².